The van der Waals surface area contributed by atoms with E-state index in [0.29, 0.717) is 5.02 Å². The van der Waals surface area contributed by atoms with Gasteiger partial charge in [0.2, 0.25) is 0 Å². The minimum Gasteiger partial charge on any atom is -0.355 e. The second kappa shape index (κ2) is 4.94. The van der Waals surface area contributed by atoms with Crippen LogP contribution in [0.3, 0.4) is 0 Å². The molecule has 2 aromatic rings. The van der Waals surface area contributed by atoms with Crippen LogP contribution in [-0.4, -0.2) is 17.0 Å². The largest absolute Gasteiger partial charge is 0.355 e. The zero-order valence-corrected chi connectivity index (χ0v) is 9.72. The van der Waals surface area contributed by atoms with Gasteiger partial charge in [-0.3, -0.25) is 4.98 Å². The molecule has 0 saturated carbocycles. The second-order valence-electron chi connectivity index (χ2n) is 3.55. The van der Waals surface area contributed by atoms with E-state index in [2.05, 4.69) is 9.97 Å². The fourth-order valence-corrected chi connectivity index (χ4v) is 1.55. The molecule has 4 heteroatoms. The lowest BCUT2D eigenvalue weighted by molar-refractivity contribution is 0.892. The summed E-state index contributed by atoms with van der Waals surface area (Å²) in [4.78, 5) is 10.4. The predicted molar refractivity (Wildman–Crippen MR) is 65.6 cm³/mol. The summed E-state index contributed by atoms with van der Waals surface area (Å²) >= 11 is 5.79. The van der Waals surface area contributed by atoms with Gasteiger partial charge in [-0.15, -0.1) is 0 Å². The molecule has 0 bridgehead atoms. The fourth-order valence-electron chi connectivity index (χ4n) is 1.44. The molecule has 0 radical (unpaired) electrons. The highest BCUT2D eigenvalue weighted by atomic mass is 35.5. The van der Waals surface area contributed by atoms with Crippen LogP contribution in [0.1, 0.15) is 5.56 Å². The molecule has 0 spiro atoms. The van der Waals surface area contributed by atoms with Crippen LogP contribution in [0.4, 0.5) is 5.82 Å². The summed E-state index contributed by atoms with van der Waals surface area (Å²) in [5.74, 6) is 0.897. The molecule has 0 amide bonds. The molecule has 2 aromatic heterocycles. The van der Waals surface area contributed by atoms with Crippen LogP contribution in [-0.2, 0) is 6.54 Å². The number of halogens is 1. The lowest BCUT2D eigenvalue weighted by Crippen LogP contribution is -2.17. The summed E-state index contributed by atoms with van der Waals surface area (Å²) in [7, 11) is 1.99. The van der Waals surface area contributed by atoms with E-state index in [4.69, 9.17) is 11.6 Å². The van der Waals surface area contributed by atoms with E-state index in [0.717, 1.165) is 17.9 Å². The maximum absolute atomic E-state index is 5.79. The third-order valence-corrected chi connectivity index (χ3v) is 2.47. The van der Waals surface area contributed by atoms with Gasteiger partial charge in [0.15, 0.2) is 0 Å². The summed E-state index contributed by atoms with van der Waals surface area (Å²) in [6.45, 7) is 0.780. The van der Waals surface area contributed by atoms with Crippen molar-refractivity contribution in [1.82, 2.24) is 9.97 Å². The lowest BCUT2D eigenvalue weighted by atomic mass is 10.2. The fraction of sp³-hybridized carbons (Fsp3) is 0.167. The van der Waals surface area contributed by atoms with Crippen molar-refractivity contribution in [3.05, 3.63) is 53.4 Å². The van der Waals surface area contributed by atoms with Crippen LogP contribution in [0.15, 0.2) is 42.9 Å². The van der Waals surface area contributed by atoms with Gasteiger partial charge in [0.25, 0.3) is 0 Å². The monoisotopic (exact) mass is 233 g/mol. The van der Waals surface area contributed by atoms with Crippen molar-refractivity contribution in [3.63, 3.8) is 0 Å². The molecule has 0 unspecified atom stereocenters. The van der Waals surface area contributed by atoms with Crippen LogP contribution < -0.4 is 4.90 Å². The Bertz CT molecular complexity index is 442. The first kappa shape index (κ1) is 10.9. The molecule has 2 rings (SSSR count). The Kier molecular flexibility index (Phi) is 3.37. The Morgan fingerprint density at radius 3 is 2.75 bits per heavy atom. The molecule has 2 heterocycles. The van der Waals surface area contributed by atoms with Crippen molar-refractivity contribution in [2.45, 2.75) is 6.54 Å². The number of hydrogen-bond donors (Lipinski definition) is 0. The highest BCUT2D eigenvalue weighted by Crippen LogP contribution is 2.14. The van der Waals surface area contributed by atoms with Gasteiger partial charge in [0.05, 0.1) is 5.02 Å². The van der Waals surface area contributed by atoms with Gasteiger partial charge in [0, 0.05) is 32.2 Å². The van der Waals surface area contributed by atoms with Crippen molar-refractivity contribution in [1.29, 1.82) is 0 Å². The molecule has 0 aliphatic rings. The minimum absolute atomic E-state index is 0.651. The summed E-state index contributed by atoms with van der Waals surface area (Å²) in [6, 6.07) is 7.71. The van der Waals surface area contributed by atoms with Gasteiger partial charge in [-0.25, -0.2) is 4.98 Å². The molecule has 16 heavy (non-hydrogen) atoms. The van der Waals surface area contributed by atoms with Gasteiger partial charge in [-0.05, 0) is 23.8 Å². The lowest BCUT2D eigenvalue weighted by Gasteiger charge is -2.17. The van der Waals surface area contributed by atoms with Crippen molar-refractivity contribution >= 4 is 17.4 Å². The predicted octanol–water partition coefficient (Wildman–Crippen LogP) is 2.77. The summed E-state index contributed by atoms with van der Waals surface area (Å²) in [6.07, 6.45) is 5.27. The van der Waals surface area contributed by atoms with Crippen molar-refractivity contribution in [2.75, 3.05) is 11.9 Å². The molecule has 0 aromatic carbocycles. The first-order valence-electron chi connectivity index (χ1n) is 4.97. The molecule has 0 aliphatic heterocycles. The van der Waals surface area contributed by atoms with Crippen molar-refractivity contribution in [2.24, 2.45) is 0 Å². The average molecular weight is 234 g/mol. The van der Waals surface area contributed by atoms with Gasteiger partial charge in [-0.2, -0.15) is 0 Å². The van der Waals surface area contributed by atoms with Gasteiger partial charge in [0.1, 0.15) is 5.82 Å². The average Bonchev–Trinajstić information content (AvgIpc) is 2.31. The first-order chi connectivity index (χ1) is 7.75. The zero-order valence-electron chi connectivity index (χ0n) is 8.97. The molecular weight excluding hydrogens is 222 g/mol. The summed E-state index contributed by atoms with van der Waals surface area (Å²) < 4.78 is 0. The zero-order chi connectivity index (χ0) is 11.4. The quantitative estimate of drug-likeness (QED) is 0.816. The smallest absolute Gasteiger partial charge is 0.128 e. The molecule has 82 valence electrons. The van der Waals surface area contributed by atoms with E-state index in [1.54, 1.807) is 12.4 Å². The highest BCUT2D eigenvalue weighted by molar-refractivity contribution is 6.30. The van der Waals surface area contributed by atoms with E-state index >= 15 is 0 Å². The molecule has 0 fully saturated rings. The van der Waals surface area contributed by atoms with Crippen LogP contribution >= 0.6 is 11.6 Å². The van der Waals surface area contributed by atoms with Gasteiger partial charge in [-0.1, -0.05) is 17.7 Å². The minimum atomic E-state index is 0.651. The standard InChI is InChI=1S/C12H12ClN3/c1-16(9-10-3-2-6-14-7-10)12-5-4-11(13)8-15-12/h2-8H,9H2,1H3. The third kappa shape index (κ3) is 2.70. The van der Waals surface area contributed by atoms with Crippen LogP contribution in [0.25, 0.3) is 0 Å². The van der Waals surface area contributed by atoms with Gasteiger partial charge >= 0.3 is 0 Å². The molecule has 0 atom stereocenters. The van der Waals surface area contributed by atoms with Gasteiger partial charge < -0.3 is 4.90 Å². The van der Waals surface area contributed by atoms with Crippen molar-refractivity contribution in [3.8, 4) is 0 Å². The number of pyridine rings is 2. The Morgan fingerprint density at radius 2 is 2.12 bits per heavy atom. The third-order valence-electron chi connectivity index (χ3n) is 2.25. The maximum atomic E-state index is 5.79. The number of nitrogens with zero attached hydrogens (tertiary/aromatic N) is 3. The number of hydrogen-bond acceptors (Lipinski definition) is 3. The molecule has 0 aliphatic carbocycles. The highest BCUT2D eigenvalue weighted by Gasteiger charge is 2.02. The van der Waals surface area contributed by atoms with Crippen LogP contribution in [0.2, 0.25) is 5.02 Å². The summed E-state index contributed by atoms with van der Waals surface area (Å²) in [5, 5.41) is 0.651. The van der Waals surface area contributed by atoms with E-state index in [9.17, 15) is 0 Å². The molecular formula is C12H12ClN3. The van der Waals surface area contributed by atoms with E-state index in [1.165, 1.54) is 0 Å². The molecule has 0 saturated heterocycles. The van der Waals surface area contributed by atoms with Crippen LogP contribution in [0, 0.1) is 0 Å². The maximum Gasteiger partial charge on any atom is 0.128 e. The Balaban J connectivity index is 2.09. The van der Waals surface area contributed by atoms with E-state index in [1.807, 2.05) is 42.4 Å². The summed E-state index contributed by atoms with van der Waals surface area (Å²) in [5.41, 5.74) is 1.15. The number of anilines is 1. The first-order valence-corrected chi connectivity index (χ1v) is 5.35. The molecule has 0 N–H and O–H groups in total. The normalized spacial score (nSPS) is 10.1. The molecule has 3 nitrogen and oxygen atoms in total. The van der Waals surface area contributed by atoms with Crippen molar-refractivity contribution < 1.29 is 0 Å². The van der Waals surface area contributed by atoms with Crippen LogP contribution in [0.5, 0.6) is 0 Å². The number of aromatic nitrogens is 2. The SMILES string of the molecule is CN(Cc1cccnc1)c1ccc(Cl)cn1. The van der Waals surface area contributed by atoms with E-state index in [-0.39, 0.29) is 0 Å². The topological polar surface area (TPSA) is 29.0 Å². The number of rotatable bonds is 3. The Morgan fingerprint density at radius 1 is 1.25 bits per heavy atom. The van der Waals surface area contributed by atoms with E-state index < -0.39 is 0 Å². The Hall–Kier alpha value is -1.61. The Labute approximate surface area is 99.7 Å². The second-order valence-corrected chi connectivity index (χ2v) is 3.99.